The Morgan fingerprint density at radius 1 is 1.13 bits per heavy atom. The molecule has 0 saturated carbocycles. The summed E-state index contributed by atoms with van der Waals surface area (Å²) < 4.78 is 12.8. The smallest absolute Gasteiger partial charge is 0.378 e. The maximum absolute atomic E-state index is 11.8. The summed E-state index contributed by atoms with van der Waals surface area (Å²) in [6, 6.07) is 15.7. The van der Waals surface area contributed by atoms with Crippen molar-refractivity contribution in [3.8, 4) is 0 Å². The first-order valence-corrected chi connectivity index (χ1v) is 11.0. The molecule has 3 aromatic rings. The van der Waals surface area contributed by atoms with Crippen molar-refractivity contribution < 1.29 is 14.3 Å². The molecule has 0 fully saturated rings. The lowest BCUT2D eigenvalue weighted by Crippen LogP contribution is -2.21. The molecule has 0 aliphatic carbocycles. The van der Waals surface area contributed by atoms with Crippen LogP contribution in [0, 0.1) is 0 Å². The second kappa shape index (κ2) is 11.8. The monoisotopic (exact) mass is 461 g/mol. The third kappa shape index (κ3) is 7.06. The maximum atomic E-state index is 11.8. The number of hydrogen-bond acceptors (Lipinski definition) is 5. The van der Waals surface area contributed by atoms with Gasteiger partial charge in [0.2, 0.25) is 0 Å². The summed E-state index contributed by atoms with van der Waals surface area (Å²) in [4.78, 5) is 15.9. The molecule has 0 bridgehead atoms. The predicted molar refractivity (Wildman–Crippen MR) is 120 cm³/mol. The van der Waals surface area contributed by atoms with Gasteiger partial charge in [-0.15, -0.1) is 5.10 Å². The average Bonchev–Trinajstić information content (AvgIpc) is 3.24. The van der Waals surface area contributed by atoms with E-state index in [1.165, 1.54) is 6.33 Å². The summed E-state index contributed by atoms with van der Waals surface area (Å²) in [6.07, 6.45) is 3.84. The number of carbonyl (C=O) groups excluding carboxylic acids is 1. The minimum Gasteiger partial charge on any atom is -0.460 e. The van der Waals surface area contributed by atoms with Crippen molar-refractivity contribution >= 4 is 29.2 Å². The van der Waals surface area contributed by atoms with Gasteiger partial charge in [0.1, 0.15) is 6.33 Å². The van der Waals surface area contributed by atoms with Crippen molar-refractivity contribution in [3.63, 3.8) is 0 Å². The lowest BCUT2D eigenvalue weighted by molar-refractivity contribution is 0.0201. The van der Waals surface area contributed by atoms with Crippen LogP contribution in [0.1, 0.15) is 41.5 Å². The van der Waals surface area contributed by atoms with E-state index >= 15 is 0 Å². The van der Waals surface area contributed by atoms with Crippen LogP contribution < -0.4 is 0 Å². The number of halogens is 2. The van der Waals surface area contributed by atoms with Gasteiger partial charge in [0.25, 0.3) is 5.82 Å². The van der Waals surface area contributed by atoms with Gasteiger partial charge in [-0.2, -0.15) is 0 Å². The highest BCUT2D eigenvalue weighted by Crippen LogP contribution is 2.27. The van der Waals surface area contributed by atoms with E-state index < -0.39 is 5.97 Å². The molecule has 3 rings (SSSR count). The minimum absolute atomic E-state index is 0.0503. The summed E-state index contributed by atoms with van der Waals surface area (Å²) in [5.74, 6) is -0.479. The first kappa shape index (κ1) is 23.3. The number of rotatable bonds is 11. The molecular weight excluding hydrogens is 437 g/mol. The van der Waals surface area contributed by atoms with Crippen molar-refractivity contribution in [1.29, 1.82) is 0 Å². The molecule has 0 N–H and O–H groups in total. The molecule has 0 saturated heterocycles. The van der Waals surface area contributed by atoms with Crippen LogP contribution in [0.15, 0.2) is 54.9 Å². The van der Waals surface area contributed by atoms with Gasteiger partial charge >= 0.3 is 5.97 Å². The number of ether oxygens (including phenoxy) is 2. The third-order valence-corrected chi connectivity index (χ3v) is 5.58. The Kier molecular flexibility index (Phi) is 8.88. The lowest BCUT2D eigenvalue weighted by atomic mass is 10.1. The molecule has 0 aliphatic rings. The van der Waals surface area contributed by atoms with Crippen molar-refractivity contribution in [2.45, 2.75) is 45.4 Å². The van der Waals surface area contributed by atoms with E-state index in [-0.39, 0.29) is 18.5 Å². The molecule has 1 heterocycles. The Balaban J connectivity index is 1.62. The van der Waals surface area contributed by atoms with Gasteiger partial charge in [-0.3, -0.25) is 0 Å². The van der Waals surface area contributed by atoms with Gasteiger partial charge in [-0.1, -0.05) is 65.7 Å². The van der Waals surface area contributed by atoms with Gasteiger partial charge in [0.15, 0.2) is 0 Å². The van der Waals surface area contributed by atoms with Crippen LogP contribution in [0.2, 0.25) is 10.0 Å². The van der Waals surface area contributed by atoms with Gasteiger partial charge < -0.3 is 9.47 Å². The molecule has 8 heteroatoms. The SMILES string of the molecule is CCOC(=O)c1ncn(CC(CCCc2cccc(Cl)c2Cl)OCc2ccccc2)n1. The zero-order chi connectivity index (χ0) is 22.1. The molecule has 2 aromatic carbocycles. The first-order valence-electron chi connectivity index (χ1n) is 10.2. The second-order valence-electron chi connectivity index (χ2n) is 7.03. The van der Waals surface area contributed by atoms with Crippen molar-refractivity contribution in [2.75, 3.05) is 6.61 Å². The first-order chi connectivity index (χ1) is 15.1. The molecule has 1 aromatic heterocycles. The van der Waals surface area contributed by atoms with Crippen LogP contribution in [-0.4, -0.2) is 33.4 Å². The fraction of sp³-hybridized carbons (Fsp3) is 0.348. The van der Waals surface area contributed by atoms with Gasteiger partial charge in [-0.25, -0.2) is 14.5 Å². The number of nitrogens with zero attached hydrogens (tertiary/aromatic N) is 3. The molecule has 6 nitrogen and oxygen atoms in total. The normalized spacial score (nSPS) is 12.0. The van der Waals surface area contributed by atoms with Crippen LogP contribution >= 0.6 is 23.2 Å². The molecule has 0 amide bonds. The maximum Gasteiger partial charge on any atom is 0.378 e. The van der Waals surface area contributed by atoms with E-state index in [1.807, 2.05) is 42.5 Å². The van der Waals surface area contributed by atoms with Crippen LogP contribution in [0.3, 0.4) is 0 Å². The van der Waals surface area contributed by atoms with Crippen molar-refractivity contribution in [1.82, 2.24) is 14.8 Å². The predicted octanol–water partition coefficient (Wildman–Crippen LogP) is 5.37. The molecule has 1 atom stereocenters. The zero-order valence-electron chi connectivity index (χ0n) is 17.3. The van der Waals surface area contributed by atoms with E-state index in [2.05, 4.69) is 10.1 Å². The van der Waals surface area contributed by atoms with E-state index in [9.17, 15) is 4.79 Å². The Morgan fingerprint density at radius 2 is 1.94 bits per heavy atom. The Hall–Kier alpha value is -2.41. The number of hydrogen-bond donors (Lipinski definition) is 0. The summed E-state index contributed by atoms with van der Waals surface area (Å²) in [5.41, 5.74) is 2.11. The highest BCUT2D eigenvalue weighted by Gasteiger charge is 2.16. The van der Waals surface area contributed by atoms with E-state index in [1.54, 1.807) is 17.7 Å². The van der Waals surface area contributed by atoms with Gasteiger partial charge in [0.05, 0.1) is 35.9 Å². The van der Waals surface area contributed by atoms with Gasteiger partial charge in [0, 0.05) is 0 Å². The number of aromatic nitrogens is 3. The number of esters is 1. The third-order valence-electron chi connectivity index (χ3n) is 4.72. The molecular formula is C23H25Cl2N3O3. The Labute approximate surface area is 192 Å². The van der Waals surface area contributed by atoms with Crippen molar-refractivity contribution in [2.24, 2.45) is 0 Å². The summed E-state index contributed by atoms with van der Waals surface area (Å²) >= 11 is 12.4. The fourth-order valence-corrected chi connectivity index (χ4v) is 3.57. The van der Waals surface area contributed by atoms with E-state index in [0.717, 1.165) is 30.4 Å². The summed E-state index contributed by atoms with van der Waals surface area (Å²) in [5, 5.41) is 5.39. The zero-order valence-corrected chi connectivity index (χ0v) is 18.9. The molecule has 1 unspecified atom stereocenters. The highest BCUT2D eigenvalue weighted by atomic mass is 35.5. The van der Waals surface area contributed by atoms with Gasteiger partial charge in [-0.05, 0) is 43.4 Å². The molecule has 0 radical (unpaired) electrons. The topological polar surface area (TPSA) is 66.2 Å². The molecule has 0 spiro atoms. The molecule has 0 aliphatic heterocycles. The molecule has 31 heavy (non-hydrogen) atoms. The van der Waals surface area contributed by atoms with Crippen molar-refractivity contribution in [3.05, 3.63) is 81.9 Å². The standard InChI is InChI=1S/C23H25Cl2N3O3/c1-2-30-23(29)22-26-16-28(27-22)14-19(31-15-17-8-4-3-5-9-17)12-6-10-18-11-7-13-20(24)21(18)25/h3-5,7-9,11,13,16,19H,2,6,10,12,14-15H2,1H3. The van der Waals surface area contributed by atoms with Crippen LogP contribution in [0.25, 0.3) is 0 Å². The minimum atomic E-state index is -0.529. The average molecular weight is 462 g/mol. The Morgan fingerprint density at radius 3 is 2.71 bits per heavy atom. The second-order valence-corrected chi connectivity index (χ2v) is 7.82. The van der Waals surface area contributed by atoms with Crippen LogP contribution in [0.4, 0.5) is 0 Å². The lowest BCUT2D eigenvalue weighted by Gasteiger charge is -2.18. The van der Waals surface area contributed by atoms with E-state index in [4.69, 9.17) is 32.7 Å². The Bertz CT molecular complexity index is 979. The largest absolute Gasteiger partial charge is 0.460 e. The quantitative estimate of drug-likeness (QED) is 0.359. The fourth-order valence-electron chi connectivity index (χ4n) is 3.16. The van der Waals surface area contributed by atoms with Crippen LogP contribution in [0.5, 0.6) is 0 Å². The number of aryl methyl sites for hydroxylation is 1. The number of benzene rings is 2. The summed E-state index contributed by atoms with van der Waals surface area (Å²) in [6.45, 7) is 2.99. The highest BCUT2D eigenvalue weighted by molar-refractivity contribution is 6.42. The molecule has 164 valence electrons. The summed E-state index contributed by atoms with van der Waals surface area (Å²) in [7, 11) is 0. The van der Waals surface area contributed by atoms with Crippen LogP contribution in [-0.2, 0) is 29.0 Å². The number of carbonyl (C=O) groups is 1. The van der Waals surface area contributed by atoms with E-state index in [0.29, 0.717) is 23.2 Å².